The summed E-state index contributed by atoms with van der Waals surface area (Å²) >= 11 is 3.34. The number of thiazole rings is 1. The number of nitrogens with zero attached hydrogens (tertiary/aromatic N) is 5. The van der Waals surface area contributed by atoms with Gasteiger partial charge in [0.2, 0.25) is 0 Å². The van der Waals surface area contributed by atoms with Gasteiger partial charge < -0.3 is 5.11 Å². The molecule has 0 amide bonds. The highest BCUT2D eigenvalue weighted by Gasteiger charge is 2.33. The first-order valence-electron chi connectivity index (χ1n) is 7.80. The molecule has 1 aliphatic carbocycles. The van der Waals surface area contributed by atoms with Gasteiger partial charge in [0.15, 0.2) is 0 Å². The Morgan fingerprint density at radius 3 is 2.88 bits per heavy atom. The van der Waals surface area contributed by atoms with E-state index in [0.717, 1.165) is 26.0 Å². The van der Waals surface area contributed by atoms with Crippen molar-refractivity contribution in [2.45, 2.75) is 24.9 Å². The van der Waals surface area contributed by atoms with Gasteiger partial charge in [-0.25, -0.2) is 9.67 Å². The molecule has 0 aromatic carbocycles. The van der Waals surface area contributed by atoms with E-state index in [1.165, 1.54) is 17.7 Å². The fourth-order valence-corrected chi connectivity index (χ4v) is 5.35. The summed E-state index contributed by atoms with van der Waals surface area (Å²) in [7, 11) is 1.87. The maximum absolute atomic E-state index is 11.1. The second-order valence-electron chi connectivity index (χ2n) is 6.08. The maximum Gasteiger partial charge on any atom is 0.130 e. The lowest BCUT2D eigenvalue weighted by atomic mass is 10.1. The summed E-state index contributed by atoms with van der Waals surface area (Å²) in [6, 6.07) is 4.02. The Labute approximate surface area is 146 Å². The van der Waals surface area contributed by atoms with E-state index < -0.39 is 6.10 Å². The first-order chi connectivity index (χ1) is 11.7. The van der Waals surface area contributed by atoms with Gasteiger partial charge in [-0.1, -0.05) is 5.21 Å². The minimum absolute atomic E-state index is 0.597. The van der Waals surface area contributed by atoms with Crippen molar-refractivity contribution in [3.05, 3.63) is 46.3 Å². The van der Waals surface area contributed by atoms with E-state index in [2.05, 4.69) is 15.3 Å². The predicted octanol–water partition coefficient (Wildman–Crippen LogP) is 3.21. The number of fused-ring (bicyclic) bond motifs is 1. The molecule has 1 fully saturated rings. The first kappa shape index (κ1) is 14.3. The molecule has 0 saturated heterocycles. The van der Waals surface area contributed by atoms with Crippen molar-refractivity contribution in [2.75, 3.05) is 0 Å². The number of imidazole rings is 1. The third-order valence-electron chi connectivity index (χ3n) is 4.40. The SMILES string of the molecule is Cn1nncc1-c1ccc(C(O)c2c(C3CC3)sc3cncn23)s1. The van der Waals surface area contributed by atoms with E-state index in [9.17, 15) is 5.11 Å². The summed E-state index contributed by atoms with van der Waals surface area (Å²) in [5.41, 5.74) is 1.94. The monoisotopic (exact) mass is 357 g/mol. The van der Waals surface area contributed by atoms with Gasteiger partial charge in [-0.3, -0.25) is 4.40 Å². The highest BCUT2D eigenvalue weighted by atomic mass is 32.1. The lowest BCUT2D eigenvalue weighted by molar-refractivity contribution is 0.217. The molecule has 1 unspecified atom stereocenters. The zero-order chi connectivity index (χ0) is 16.3. The summed E-state index contributed by atoms with van der Waals surface area (Å²) in [6.07, 6.45) is 7.21. The van der Waals surface area contributed by atoms with Crippen LogP contribution >= 0.6 is 22.7 Å². The van der Waals surface area contributed by atoms with Crippen molar-refractivity contribution in [3.63, 3.8) is 0 Å². The topological polar surface area (TPSA) is 68.2 Å². The molecule has 1 atom stereocenters. The summed E-state index contributed by atoms with van der Waals surface area (Å²) in [5.74, 6) is 0.597. The van der Waals surface area contributed by atoms with E-state index in [4.69, 9.17) is 0 Å². The molecule has 5 rings (SSSR count). The van der Waals surface area contributed by atoms with Crippen LogP contribution in [0.25, 0.3) is 15.4 Å². The molecule has 6 nitrogen and oxygen atoms in total. The third-order valence-corrected chi connectivity index (χ3v) is 6.84. The molecule has 4 aromatic rings. The summed E-state index contributed by atoms with van der Waals surface area (Å²) in [5, 5.41) is 19.0. The first-order valence-corrected chi connectivity index (χ1v) is 9.43. The second-order valence-corrected chi connectivity index (χ2v) is 8.25. The number of hydrogen-bond donors (Lipinski definition) is 1. The van der Waals surface area contributed by atoms with Gasteiger partial charge in [0.1, 0.15) is 17.3 Å². The Morgan fingerprint density at radius 2 is 2.12 bits per heavy atom. The van der Waals surface area contributed by atoms with Gasteiger partial charge in [0, 0.05) is 16.8 Å². The van der Waals surface area contributed by atoms with Crippen molar-refractivity contribution >= 4 is 27.5 Å². The minimum Gasteiger partial charge on any atom is -0.381 e. The second kappa shape index (κ2) is 5.23. The van der Waals surface area contributed by atoms with E-state index >= 15 is 0 Å². The van der Waals surface area contributed by atoms with Crippen molar-refractivity contribution in [3.8, 4) is 10.6 Å². The van der Waals surface area contributed by atoms with Crippen LogP contribution in [-0.2, 0) is 7.05 Å². The maximum atomic E-state index is 11.1. The van der Waals surface area contributed by atoms with Crippen LogP contribution in [-0.4, -0.2) is 29.5 Å². The van der Waals surface area contributed by atoms with Gasteiger partial charge >= 0.3 is 0 Å². The summed E-state index contributed by atoms with van der Waals surface area (Å²) in [6.45, 7) is 0. The average Bonchev–Trinajstić information content (AvgIpc) is 2.99. The van der Waals surface area contributed by atoms with E-state index in [0.29, 0.717) is 5.92 Å². The fraction of sp³-hybridized carbons (Fsp3) is 0.312. The lowest BCUT2D eigenvalue weighted by Crippen LogP contribution is -2.03. The molecule has 1 aliphatic rings. The molecular formula is C16H15N5OS2. The molecule has 1 N–H and O–H groups in total. The van der Waals surface area contributed by atoms with E-state index in [-0.39, 0.29) is 0 Å². The van der Waals surface area contributed by atoms with Gasteiger partial charge in [-0.15, -0.1) is 27.8 Å². The molecule has 4 aromatic heterocycles. The predicted molar refractivity (Wildman–Crippen MR) is 93.4 cm³/mol. The molecule has 4 heterocycles. The average molecular weight is 357 g/mol. The Kier molecular flexibility index (Phi) is 3.12. The largest absolute Gasteiger partial charge is 0.381 e. The van der Waals surface area contributed by atoms with Gasteiger partial charge in [-0.05, 0) is 30.9 Å². The van der Waals surface area contributed by atoms with Crippen LogP contribution in [0.5, 0.6) is 0 Å². The Balaban J connectivity index is 1.58. The molecule has 1 saturated carbocycles. The smallest absolute Gasteiger partial charge is 0.130 e. The molecule has 0 radical (unpaired) electrons. The number of aliphatic hydroxyl groups excluding tert-OH is 1. The van der Waals surface area contributed by atoms with E-state index in [1.54, 1.807) is 39.9 Å². The molecule has 0 bridgehead atoms. The molecule has 8 heteroatoms. The van der Waals surface area contributed by atoms with Crippen LogP contribution in [0.1, 0.15) is 40.3 Å². The van der Waals surface area contributed by atoms with Crippen molar-refractivity contribution in [1.29, 1.82) is 0 Å². The fourth-order valence-electron chi connectivity index (χ4n) is 3.01. The number of aromatic nitrogens is 5. The Morgan fingerprint density at radius 1 is 1.25 bits per heavy atom. The summed E-state index contributed by atoms with van der Waals surface area (Å²) < 4.78 is 3.78. The van der Waals surface area contributed by atoms with Gasteiger partial charge in [0.25, 0.3) is 0 Å². The summed E-state index contributed by atoms with van der Waals surface area (Å²) in [4.78, 5) is 8.61. The van der Waals surface area contributed by atoms with Crippen molar-refractivity contribution in [2.24, 2.45) is 7.05 Å². The van der Waals surface area contributed by atoms with Crippen LogP contribution in [0.15, 0.2) is 30.9 Å². The van der Waals surface area contributed by atoms with Crippen LogP contribution in [0, 0.1) is 0 Å². The van der Waals surface area contributed by atoms with Crippen LogP contribution in [0.4, 0.5) is 0 Å². The molecule has 24 heavy (non-hydrogen) atoms. The number of aliphatic hydroxyl groups is 1. The highest BCUT2D eigenvalue weighted by molar-refractivity contribution is 7.17. The lowest BCUT2D eigenvalue weighted by Gasteiger charge is -2.10. The Bertz CT molecular complexity index is 1020. The van der Waals surface area contributed by atoms with Crippen LogP contribution < -0.4 is 0 Å². The minimum atomic E-state index is -0.636. The molecule has 0 spiro atoms. The van der Waals surface area contributed by atoms with E-state index in [1.807, 2.05) is 29.8 Å². The third kappa shape index (κ3) is 2.14. The number of aryl methyl sites for hydroxylation is 1. The van der Waals surface area contributed by atoms with Gasteiger partial charge in [0.05, 0.1) is 28.7 Å². The number of thiophene rings is 1. The van der Waals surface area contributed by atoms with Crippen LogP contribution in [0.3, 0.4) is 0 Å². The molecule has 0 aliphatic heterocycles. The standard InChI is InChI=1S/C16H15N5OS2/c1-20-10(6-18-19-20)11-4-5-12(23-11)15(22)14-16(9-2-3-9)24-13-7-17-8-21(13)14/h4-9,15,22H,2-3H2,1H3. The Hall–Kier alpha value is -2.03. The normalized spacial score (nSPS) is 16.1. The number of rotatable bonds is 4. The number of hydrogen-bond acceptors (Lipinski definition) is 6. The van der Waals surface area contributed by atoms with Gasteiger partial charge in [-0.2, -0.15) is 0 Å². The van der Waals surface area contributed by atoms with Crippen molar-refractivity contribution in [1.82, 2.24) is 24.4 Å². The zero-order valence-corrected chi connectivity index (χ0v) is 14.6. The quantitative estimate of drug-likeness (QED) is 0.609. The van der Waals surface area contributed by atoms with Crippen LogP contribution in [0.2, 0.25) is 0 Å². The highest BCUT2D eigenvalue weighted by Crippen LogP contribution is 2.48. The zero-order valence-electron chi connectivity index (χ0n) is 13.0. The molecule has 122 valence electrons. The molecular weight excluding hydrogens is 342 g/mol. The van der Waals surface area contributed by atoms with Crippen molar-refractivity contribution < 1.29 is 5.11 Å².